The van der Waals surface area contributed by atoms with Crippen LogP contribution in [0.15, 0.2) is 118 Å². The van der Waals surface area contributed by atoms with Gasteiger partial charge >= 0.3 is 5.97 Å². The van der Waals surface area contributed by atoms with Gasteiger partial charge in [-0.15, -0.1) is 0 Å². The predicted molar refractivity (Wildman–Crippen MR) is 137 cm³/mol. The molecule has 2 aliphatic heterocycles. The maximum Gasteiger partial charge on any atom is 0.336 e. The first kappa shape index (κ1) is 22.2. The van der Waals surface area contributed by atoms with Crippen molar-refractivity contribution in [1.82, 2.24) is 4.90 Å². The van der Waals surface area contributed by atoms with E-state index in [0.717, 1.165) is 27.0 Å². The van der Waals surface area contributed by atoms with Crippen molar-refractivity contribution in [2.24, 2.45) is 9.98 Å². The molecule has 0 saturated heterocycles. The van der Waals surface area contributed by atoms with Crippen molar-refractivity contribution in [3.63, 3.8) is 0 Å². The number of esters is 1. The molecule has 6 heteroatoms. The fraction of sp³-hybridized carbons (Fsp3) is 0.179. The Kier molecular flexibility index (Phi) is 5.62. The maximum absolute atomic E-state index is 13.3. The number of hydrogen-bond donors (Lipinski definition) is 0. The van der Waals surface area contributed by atoms with Crippen LogP contribution in [0.4, 0.5) is 0 Å². The molecule has 5 rings (SSSR count). The molecule has 0 N–H and O–H groups in total. The Morgan fingerprint density at radius 2 is 1.35 bits per heavy atom. The molecule has 0 atom stereocenters. The summed E-state index contributed by atoms with van der Waals surface area (Å²) in [5.74, 6) is 0.343. The van der Waals surface area contributed by atoms with Crippen LogP contribution in [0.2, 0.25) is 0 Å². The number of fused-ring (bicyclic) bond motifs is 1. The van der Waals surface area contributed by atoms with Crippen molar-refractivity contribution in [1.29, 1.82) is 0 Å². The molecule has 3 aromatic rings. The Bertz CT molecular complexity index is 1260. The number of amidine groups is 2. The molecule has 2 aliphatic rings. The second kappa shape index (κ2) is 8.61. The fourth-order valence-electron chi connectivity index (χ4n) is 4.54. The van der Waals surface area contributed by atoms with E-state index in [2.05, 4.69) is 0 Å². The second-order valence-corrected chi connectivity index (χ2v) is 9.67. The van der Waals surface area contributed by atoms with Crippen molar-refractivity contribution in [2.75, 3.05) is 7.11 Å². The standard InChI is InChI=1S/C28H25N3O2S/c1-27(2)29-25-28(20-13-7-4-8-14-20,21-15-9-5-10-16-21)23(24(32)33-3)19-31(25)26(30-27)34-22-17-11-6-12-18-22/h4-19H,1-3H3. The fourth-order valence-corrected chi connectivity index (χ4v) is 5.55. The SMILES string of the molecule is COC(=O)C1=CN2C(Sc3ccccc3)=NC(C)(C)N=C2C1(c1ccccc1)c1ccccc1. The van der Waals surface area contributed by atoms with Crippen molar-refractivity contribution < 1.29 is 9.53 Å². The minimum absolute atomic E-state index is 0.397. The smallest absolute Gasteiger partial charge is 0.336 e. The van der Waals surface area contributed by atoms with E-state index in [1.807, 2.05) is 116 Å². The van der Waals surface area contributed by atoms with Gasteiger partial charge in [0.2, 0.25) is 0 Å². The summed E-state index contributed by atoms with van der Waals surface area (Å²) in [6.07, 6.45) is 1.84. The number of benzene rings is 3. The highest BCUT2D eigenvalue weighted by molar-refractivity contribution is 8.13. The zero-order chi connectivity index (χ0) is 23.8. The third-order valence-electron chi connectivity index (χ3n) is 5.95. The van der Waals surface area contributed by atoms with Gasteiger partial charge in [-0.3, -0.25) is 4.90 Å². The minimum Gasteiger partial charge on any atom is -0.466 e. The number of thioether (sulfide) groups is 1. The van der Waals surface area contributed by atoms with Gasteiger partial charge in [-0.05, 0) is 37.1 Å². The lowest BCUT2D eigenvalue weighted by Crippen LogP contribution is -2.48. The molecular formula is C28H25N3O2S. The summed E-state index contributed by atoms with van der Waals surface area (Å²) in [6, 6.07) is 30.1. The van der Waals surface area contributed by atoms with Crippen LogP contribution in [0.1, 0.15) is 25.0 Å². The minimum atomic E-state index is -0.939. The summed E-state index contributed by atoms with van der Waals surface area (Å²) >= 11 is 1.55. The molecule has 0 fully saturated rings. The number of carbonyl (C=O) groups excluding carboxylic acids is 1. The summed E-state index contributed by atoms with van der Waals surface area (Å²) < 4.78 is 5.31. The molecule has 0 spiro atoms. The first-order valence-electron chi connectivity index (χ1n) is 11.1. The van der Waals surface area contributed by atoms with E-state index >= 15 is 0 Å². The van der Waals surface area contributed by atoms with Crippen LogP contribution in [-0.2, 0) is 14.9 Å². The van der Waals surface area contributed by atoms with Crippen molar-refractivity contribution >= 4 is 28.7 Å². The maximum atomic E-state index is 13.3. The second-order valence-electron chi connectivity index (χ2n) is 8.63. The van der Waals surface area contributed by atoms with Gasteiger partial charge in [-0.1, -0.05) is 90.6 Å². The van der Waals surface area contributed by atoms with Gasteiger partial charge in [0.05, 0.1) is 12.7 Å². The predicted octanol–water partition coefficient (Wildman–Crippen LogP) is 5.64. The van der Waals surface area contributed by atoms with Crippen LogP contribution in [0.3, 0.4) is 0 Å². The number of ether oxygens (including phenoxy) is 1. The van der Waals surface area contributed by atoms with E-state index in [0.29, 0.717) is 5.57 Å². The normalized spacial score (nSPS) is 17.9. The molecule has 0 amide bonds. The average molecular weight is 468 g/mol. The third kappa shape index (κ3) is 3.64. The number of methoxy groups -OCH3 is 1. The van der Waals surface area contributed by atoms with Gasteiger partial charge in [-0.25, -0.2) is 14.8 Å². The summed E-state index contributed by atoms with van der Waals surface area (Å²) in [5.41, 5.74) is 0.745. The van der Waals surface area contributed by atoms with Crippen LogP contribution in [0.5, 0.6) is 0 Å². The van der Waals surface area contributed by atoms with Gasteiger partial charge in [-0.2, -0.15) is 0 Å². The summed E-state index contributed by atoms with van der Waals surface area (Å²) in [7, 11) is 1.42. The Hall–Kier alpha value is -3.64. The van der Waals surface area contributed by atoms with Crippen molar-refractivity contribution in [2.45, 2.75) is 29.8 Å². The van der Waals surface area contributed by atoms with E-state index in [1.165, 1.54) is 7.11 Å². The summed E-state index contributed by atoms with van der Waals surface area (Å²) in [5, 5.41) is 0.761. The highest BCUT2D eigenvalue weighted by atomic mass is 32.2. The molecular weight excluding hydrogens is 442 g/mol. The first-order valence-corrected chi connectivity index (χ1v) is 11.9. The van der Waals surface area contributed by atoms with Crippen LogP contribution < -0.4 is 0 Å². The van der Waals surface area contributed by atoms with Gasteiger partial charge in [0.1, 0.15) is 16.9 Å². The molecule has 0 aliphatic carbocycles. The number of carbonyl (C=O) groups is 1. The van der Waals surface area contributed by atoms with Crippen LogP contribution in [0, 0.1) is 0 Å². The Labute approximate surface area is 203 Å². The number of aliphatic imine (C=N–C) groups is 2. The van der Waals surface area contributed by atoms with E-state index in [-0.39, 0.29) is 0 Å². The van der Waals surface area contributed by atoms with Crippen molar-refractivity contribution in [3.05, 3.63) is 114 Å². The van der Waals surface area contributed by atoms with Crippen LogP contribution >= 0.6 is 11.8 Å². The molecule has 0 unspecified atom stereocenters. The van der Waals surface area contributed by atoms with Crippen LogP contribution in [-0.4, -0.2) is 34.6 Å². The average Bonchev–Trinajstić information content (AvgIpc) is 3.20. The number of nitrogens with zero attached hydrogens (tertiary/aromatic N) is 3. The zero-order valence-electron chi connectivity index (χ0n) is 19.3. The Morgan fingerprint density at radius 3 is 1.88 bits per heavy atom. The third-order valence-corrected chi connectivity index (χ3v) is 6.93. The molecule has 34 heavy (non-hydrogen) atoms. The Morgan fingerprint density at radius 1 is 0.824 bits per heavy atom. The lowest BCUT2D eigenvalue weighted by molar-refractivity contribution is -0.136. The van der Waals surface area contributed by atoms with Crippen molar-refractivity contribution in [3.8, 4) is 0 Å². The van der Waals surface area contributed by atoms with E-state index in [9.17, 15) is 4.79 Å². The highest BCUT2D eigenvalue weighted by Crippen LogP contribution is 2.49. The van der Waals surface area contributed by atoms with Gasteiger partial charge in [0.15, 0.2) is 5.17 Å². The molecule has 5 nitrogen and oxygen atoms in total. The summed E-state index contributed by atoms with van der Waals surface area (Å²) in [4.78, 5) is 26.4. The monoisotopic (exact) mass is 467 g/mol. The largest absolute Gasteiger partial charge is 0.466 e. The number of rotatable bonds is 4. The molecule has 0 aromatic heterocycles. The van der Waals surface area contributed by atoms with Crippen LogP contribution in [0.25, 0.3) is 0 Å². The molecule has 0 radical (unpaired) electrons. The first-order chi connectivity index (χ1) is 16.5. The van der Waals surface area contributed by atoms with E-state index in [4.69, 9.17) is 14.7 Å². The lowest BCUT2D eigenvalue weighted by Gasteiger charge is -2.38. The van der Waals surface area contributed by atoms with E-state index in [1.54, 1.807) is 11.8 Å². The Balaban J connectivity index is 1.78. The quantitative estimate of drug-likeness (QED) is 0.466. The molecule has 2 heterocycles. The van der Waals surface area contributed by atoms with E-state index < -0.39 is 17.0 Å². The van der Waals surface area contributed by atoms with Gasteiger partial charge in [0.25, 0.3) is 0 Å². The summed E-state index contributed by atoms with van der Waals surface area (Å²) in [6.45, 7) is 3.97. The van der Waals surface area contributed by atoms with Gasteiger partial charge in [0, 0.05) is 11.1 Å². The zero-order valence-corrected chi connectivity index (χ0v) is 20.1. The highest BCUT2D eigenvalue weighted by Gasteiger charge is 2.55. The molecule has 0 saturated carbocycles. The molecule has 0 bridgehead atoms. The number of hydrogen-bond acceptors (Lipinski definition) is 6. The lowest BCUT2D eigenvalue weighted by atomic mass is 9.69. The topological polar surface area (TPSA) is 54.3 Å². The molecule has 3 aromatic carbocycles. The molecule has 170 valence electrons. The van der Waals surface area contributed by atoms with Gasteiger partial charge < -0.3 is 4.74 Å².